The number of hydrogen-bond acceptors (Lipinski definition) is 7. The zero-order valence-electron chi connectivity index (χ0n) is 28.9. The third kappa shape index (κ3) is 12.1. The van der Waals surface area contributed by atoms with Gasteiger partial charge in [-0.2, -0.15) is 0 Å². The highest BCUT2D eigenvalue weighted by Gasteiger charge is 2.40. The molecule has 1 saturated heterocycles. The maximum Gasteiger partial charge on any atom is 0.242 e. The summed E-state index contributed by atoms with van der Waals surface area (Å²) in [7, 11) is 0. The standard InChI is InChI=1S/C37H60N4O6/c1-27(2)21-33(42)36(45)32(22-28-11-5-3-6-12-28)41(26-29-13-7-4-8-14-29)37(46)30(23-31-15-9-10-16-38-31)24-34(43)39-25-35(44)40-17-19-47-20-18-40/h9-10,15-16,27-30,32-33,36,42,45H,3-8,11-14,17-26H2,1-2H3,(H,39,43)/t30-,32+,33+,36-/m1/s1. The molecule has 3 aliphatic rings. The van der Waals surface area contributed by atoms with E-state index in [-0.39, 0.29) is 43.0 Å². The predicted molar refractivity (Wildman–Crippen MR) is 181 cm³/mol. The first-order chi connectivity index (χ1) is 22.7. The highest BCUT2D eigenvalue weighted by Crippen LogP contribution is 2.34. The lowest BCUT2D eigenvalue weighted by atomic mass is 9.80. The van der Waals surface area contributed by atoms with E-state index < -0.39 is 24.2 Å². The van der Waals surface area contributed by atoms with E-state index >= 15 is 0 Å². The molecule has 47 heavy (non-hydrogen) atoms. The van der Waals surface area contributed by atoms with Crippen molar-refractivity contribution in [3.8, 4) is 0 Å². The molecule has 0 unspecified atom stereocenters. The van der Waals surface area contributed by atoms with E-state index in [9.17, 15) is 24.6 Å². The Bertz CT molecular complexity index is 1090. The van der Waals surface area contributed by atoms with E-state index in [1.54, 1.807) is 11.1 Å². The molecule has 4 atom stereocenters. The number of hydrogen-bond donors (Lipinski definition) is 3. The van der Waals surface area contributed by atoms with Crippen molar-refractivity contribution in [1.29, 1.82) is 0 Å². The number of ether oxygens (including phenoxy) is 1. The highest BCUT2D eigenvalue weighted by atomic mass is 16.5. The van der Waals surface area contributed by atoms with Crippen LogP contribution in [0.25, 0.3) is 0 Å². The molecule has 4 rings (SSSR count). The largest absolute Gasteiger partial charge is 0.390 e. The van der Waals surface area contributed by atoms with Crippen LogP contribution in [-0.4, -0.2) is 100 Å². The van der Waals surface area contributed by atoms with Crippen molar-refractivity contribution in [2.45, 2.75) is 122 Å². The smallest absolute Gasteiger partial charge is 0.242 e. The van der Waals surface area contributed by atoms with Crippen molar-refractivity contribution >= 4 is 17.7 Å². The minimum absolute atomic E-state index is 0.0895. The SMILES string of the molecule is CC(C)C[C@H](O)[C@H](O)[C@H](CC1CCCCC1)N(CC1CCCCC1)C(=O)[C@@H](CC(=O)NCC(=O)N1CCOCC1)Cc1ccccn1. The number of morpholine rings is 1. The van der Waals surface area contributed by atoms with E-state index in [0.29, 0.717) is 63.2 Å². The van der Waals surface area contributed by atoms with E-state index in [1.807, 2.05) is 36.9 Å². The molecule has 1 aromatic rings. The van der Waals surface area contributed by atoms with Gasteiger partial charge >= 0.3 is 0 Å². The molecule has 0 radical (unpaired) electrons. The molecule has 10 heteroatoms. The number of aromatic nitrogens is 1. The summed E-state index contributed by atoms with van der Waals surface area (Å²) in [5, 5.41) is 25.9. The number of nitrogens with zero attached hydrogens (tertiary/aromatic N) is 3. The van der Waals surface area contributed by atoms with Gasteiger partial charge in [-0.15, -0.1) is 0 Å². The third-order valence-corrected chi connectivity index (χ3v) is 10.4. The summed E-state index contributed by atoms with van der Waals surface area (Å²) >= 11 is 0. The lowest BCUT2D eigenvalue weighted by molar-refractivity contribution is -0.147. The van der Waals surface area contributed by atoms with Crippen LogP contribution in [0.1, 0.15) is 103 Å². The first-order valence-electron chi connectivity index (χ1n) is 18.4. The van der Waals surface area contributed by atoms with Crippen LogP contribution in [0.5, 0.6) is 0 Å². The van der Waals surface area contributed by atoms with Crippen molar-refractivity contribution in [1.82, 2.24) is 20.1 Å². The Kier molecular flexibility index (Phi) is 15.4. The minimum atomic E-state index is -1.08. The van der Waals surface area contributed by atoms with Crippen LogP contribution in [0.15, 0.2) is 24.4 Å². The van der Waals surface area contributed by atoms with Crippen LogP contribution in [0, 0.1) is 23.7 Å². The van der Waals surface area contributed by atoms with Gasteiger partial charge in [-0.1, -0.05) is 71.3 Å². The van der Waals surface area contributed by atoms with Gasteiger partial charge < -0.3 is 30.1 Å². The van der Waals surface area contributed by atoms with Crippen LogP contribution in [0.3, 0.4) is 0 Å². The monoisotopic (exact) mass is 656 g/mol. The fourth-order valence-electron chi connectivity index (χ4n) is 7.78. The molecule has 10 nitrogen and oxygen atoms in total. The van der Waals surface area contributed by atoms with Gasteiger partial charge in [0, 0.05) is 44.4 Å². The second-order valence-corrected chi connectivity index (χ2v) is 14.7. The Hall–Kier alpha value is -2.56. The Labute approximate surface area is 282 Å². The summed E-state index contributed by atoms with van der Waals surface area (Å²) < 4.78 is 5.34. The van der Waals surface area contributed by atoms with E-state index in [0.717, 1.165) is 51.4 Å². The van der Waals surface area contributed by atoms with Crippen molar-refractivity contribution in [2.24, 2.45) is 23.7 Å². The molecule has 3 amide bonds. The third-order valence-electron chi connectivity index (χ3n) is 10.4. The Morgan fingerprint density at radius 3 is 2.26 bits per heavy atom. The highest BCUT2D eigenvalue weighted by molar-refractivity contribution is 5.89. The molecule has 3 N–H and O–H groups in total. The van der Waals surface area contributed by atoms with Gasteiger partial charge in [0.2, 0.25) is 17.7 Å². The van der Waals surface area contributed by atoms with E-state index in [4.69, 9.17) is 4.74 Å². The van der Waals surface area contributed by atoms with Gasteiger partial charge in [0.05, 0.1) is 37.8 Å². The van der Waals surface area contributed by atoms with Gasteiger partial charge in [-0.05, 0) is 55.6 Å². The lowest BCUT2D eigenvalue weighted by Crippen LogP contribution is -2.55. The van der Waals surface area contributed by atoms with Crippen molar-refractivity contribution < 1.29 is 29.3 Å². The number of nitrogens with one attached hydrogen (secondary N) is 1. The molecule has 1 aliphatic heterocycles. The first kappa shape index (κ1) is 37.3. The molecule has 0 spiro atoms. The molecule has 0 aromatic carbocycles. The van der Waals surface area contributed by atoms with Gasteiger partial charge in [-0.3, -0.25) is 19.4 Å². The van der Waals surface area contributed by atoms with Gasteiger partial charge in [0.1, 0.15) is 6.10 Å². The molecular weight excluding hydrogens is 596 g/mol. The summed E-state index contributed by atoms with van der Waals surface area (Å²) in [4.78, 5) is 49.1. The average Bonchev–Trinajstić information content (AvgIpc) is 3.09. The first-order valence-corrected chi connectivity index (χ1v) is 18.4. The average molecular weight is 657 g/mol. The number of amides is 3. The van der Waals surface area contributed by atoms with Crippen LogP contribution >= 0.6 is 0 Å². The van der Waals surface area contributed by atoms with Gasteiger partial charge in [0.25, 0.3) is 0 Å². The molecule has 0 bridgehead atoms. The van der Waals surface area contributed by atoms with E-state index in [1.165, 1.54) is 12.8 Å². The summed E-state index contributed by atoms with van der Waals surface area (Å²) in [5.74, 6) is -0.543. The Morgan fingerprint density at radius 2 is 1.64 bits per heavy atom. The van der Waals surface area contributed by atoms with Crippen LogP contribution in [0.2, 0.25) is 0 Å². The lowest BCUT2D eigenvalue weighted by Gasteiger charge is -2.43. The maximum atomic E-state index is 14.9. The predicted octanol–water partition coefficient (Wildman–Crippen LogP) is 4.12. The quantitative estimate of drug-likeness (QED) is 0.244. The Morgan fingerprint density at radius 1 is 0.979 bits per heavy atom. The molecular formula is C37H60N4O6. The number of aliphatic hydroxyl groups excluding tert-OH is 2. The molecule has 264 valence electrons. The number of carbonyl (C=O) groups excluding carboxylic acids is 3. The second kappa shape index (κ2) is 19.4. The van der Waals surface area contributed by atoms with E-state index in [2.05, 4.69) is 10.3 Å². The maximum absolute atomic E-state index is 14.9. The molecule has 2 heterocycles. The van der Waals surface area contributed by atoms with Crippen LogP contribution in [0.4, 0.5) is 0 Å². The normalized spacial score (nSPS) is 20.7. The molecule has 1 aromatic heterocycles. The van der Waals surface area contributed by atoms with Crippen LogP contribution < -0.4 is 5.32 Å². The fraction of sp³-hybridized carbons (Fsp3) is 0.784. The van der Waals surface area contributed by atoms with Gasteiger partial charge in [0.15, 0.2) is 0 Å². The van der Waals surface area contributed by atoms with Crippen molar-refractivity contribution in [2.75, 3.05) is 39.4 Å². The number of rotatable bonds is 16. The summed E-state index contributed by atoms with van der Waals surface area (Å²) in [6.45, 7) is 6.41. The summed E-state index contributed by atoms with van der Waals surface area (Å²) in [5.41, 5.74) is 0.713. The zero-order valence-corrected chi connectivity index (χ0v) is 28.9. The second-order valence-electron chi connectivity index (χ2n) is 14.7. The van der Waals surface area contributed by atoms with Crippen LogP contribution in [-0.2, 0) is 25.5 Å². The topological polar surface area (TPSA) is 132 Å². The summed E-state index contributed by atoms with van der Waals surface area (Å²) in [6, 6.07) is 5.03. The molecule has 3 fully saturated rings. The molecule has 2 saturated carbocycles. The number of carbonyl (C=O) groups is 3. The minimum Gasteiger partial charge on any atom is -0.390 e. The fourth-order valence-corrected chi connectivity index (χ4v) is 7.78. The van der Waals surface area contributed by atoms with Crippen molar-refractivity contribution in [3.05, 3.63) is 30.1 Å². The zero-order chi connectivity index (χ0) is 33.6. The Balaban J connectivity index is 1.60. The number of pyridine rings is 1. The molecule has 2 aliphatic carbocycles. The van der Waals surface area contributed by atoms with Crippen molar-refractivity contribution in [3.63, 3.8) is 0 Å². The number of aliphatic hydroxyl groups is 2. The summed E-state index contributed by atoms with van der Waals surface area (Å²) in [6.07, 6.45) is 12.0. The van der Waals surface area contributed by atoms with Gasteiger partial charge in [-0.25, -0.2) is 0 Å².